The summed E-state index contributed by atoms with van der Waals surface area (Å²) in [7, 11) is 0. The largest absolute Gasteiger partial charge is 0.370 e. The maximum absolute atomic E-state index is 12.3. The van der Waals surface area contributed by atoms with Crippen molar-refractivity contribution in [2.24, 2.45) is 0 Å². The summed E-state index contributed by atoms with van der Waals surface area (Å²) in [6, 6.07) is 13.1. The van der Waals surface area contributed by atoms with E-state index in [4.69, 9.17) is 0 Å². The van der Waals surface area contributed by atoms with E-state index in [-0.39, 0.29) is 11.7 Å². The Morgan fingerprint density at radius 3 is 2.32 bits per heavy atom. The fourth-order valence-corrected chi connectivity index (χ4v) is 2.94. The minimum atomic E-state index is -0.473. The number of hydrogen-bond donors (Lipinski definition) is 2. The van der Waals surface area contributed by atoms with E-state index in [1.807, 2.05) is 24.3 Å². The predicted molar refractivity (Wildman–Crippen MR) is 98.2 cm³/mol. The van der Waals surface area contributed by atoms with Crippen LogP contribution in [0.3, 0.4) is 0 Å². The van der Waals surface area contributed by atoms with Crippen molar-refractivity contribution >= 4 is 28.8 Å². The van der Waals surface area contributed by atoms with Gasteiger partial charge in [0.1, 0.15) is 0 Å². The first-order valence-electron chi connectivity index (χ1n) is 8.30. The highest BCUT2D eigenvalue weighted by molar-refractivity contribution is 6.01. The number of nitro groups is 1. The topological polar surface area (TPSA) is 87.5 Å². The fourth-order valence-electron chi connectivity index (χ4n) is 2.94. The van der Waals surface area contributed by atoms with Gasteiger partial charge in [-0.1, -0.05) is 12.1 Å². The van der Waals surface area contributed by atoms with E-state index >= 15 is 0 Å². The molecule has 1 heterocycles. The molecule has 2 N–H and O–H groups in total. The van der Waals surface area contributed by atoms with Crippen LogP contribution in [0.4, 0.5) is 27.5 Å². The number of rotatable bonds is 4. The van der Waals surface area contributed by atoms with Gasteiger partial charge in [-0.25, -0.2) is 4.79 Å². The lowest BCUT2D eigenvalue weighted by molar-refractivity contribution is -0.384. The molecular formula is C18H20N4O3. The standard InChI is InChI=1S/C18H20N4O3/c23-18(19-14-8-10-15(11-9-14)22(24)25)20-16-6-2-3-7-17(16)21-12-4-1-5-13-21/h2-3,6-11H,1,4-5,12-13H2,(H2,19,20,23). The van der Waals surface area contributed by atoms with Gasteiger partial charge in [0.2, 0.25) is 0 Å². The van der Waals surface area contributed by atoms with Gasteiger partial charge in [-0.05, 0) is 43.5 Å². The molecule has 7 nitrogen and oxygen atoms in total. The average Bonchev–Trinajstić information content (AvgIpc) is 2.63. The summed E-state index contributed by atoms with van der Waals surface area (Å²) in [5, 5.41) is 16.2. The van der Waals surface area contributed by atoms with E-state index in [2.05, 4.69) is 15.5 Å². The molecule has 1 aliphatic heterocycles. The summed E-state index contributed by atoms with van der Waals surface area (Å²) >= 11 is 0. The van der Waals surface area contributed by atoms with E-state index < -0.39 is 4.92 Å². The van der Waals surface area contributed by atoms with Crippen LogP contribution < -0.4 is 15.5 Å². The lowest BCUT2D eigenvalue weighted by Gasteiger charge is -2.30. The molecule has 3 rings (SSSR count). The summed E-state index contributed by atoms with van der Waals surface area (Å²) in [5.41, 5.74) is 2.25. The number of non-ortho nitro benzene ring substituents is 1. The van der Waals surface area contributed by atoms with Crippen molar-refractivity contribution in [2.45, 2.75) is 19.3 Å². The third-order valence-corrected chi connectivity index (χ3v) is 4.18. The molecule has 0 spiro atoms. The zero-order chi connectivity index (χ0) is 17.6. The Bertz CT molecular complexity index is 755. The molecular weight excluding hydrogens is 320 g/mol. The highest BCUT2D eigenvalue weighted by Gasteiger charge is 2.15. The molecule has 0 bridgehead atoms. The van der Waals surface area contributed by atoms with Gasteiger partial charge in [0.05, 0.1) is 16.3 Å². The molecule has 0 radical (unpaired) electrons. The first-order chi connectivity index (χ1) is 12.1. The second-order valence-corrected chi connectivity index (χ2v) is 5.95. The monoisotopic (exact) mass is 340 g/mol. The van der Waals surface area contributed by atoms with Crippen LogP contribution in [0.25, 0.3) is 0 Å². The third kappa shape index (κ3) is 4.26. The molecule has 2 aromatic rings. The highest BCUT2D eigenvalue weighted by Crippen LogP contribution is 2.28. The Hall–Kier alpha value is -3.09. The first-order valence-corrected chi connectivity index (χ1v) is 8.30. The zero-order valence-corrected chi connectivity index (χ0v) is 13.8. The fraction of sp³-hybridized carbons (Fsp3) is 0.278. The Balaban J connectivity index is 1.67. The van der Waals surface area contributed by atoms with Crippen molar-refractivity contribution in [3.63, 3.8) is 0 Å². The number of hydrogen-bond acceptors (Lipinski definition) is 4. The Morgan fingerprint density at radius 2 is 1.64 bits per heavy atom. The summed E-state index contributed by atoms with van der Waals surface area (Å²) in [4.78, 5) is 24.7. The summed E-state index contributed by atoms with van der Waals surface area (Å²) in [6.07, 6.45) is 3.55. The van der Waals surface area contributed by atoms with Gasteiger partial charge in [-0.3, -0.25) is 10.1 Å². The van der Waals surface area contributed by atoms with Gasteiger partial charge in [-0.15, -0.1) is 0 Å². The number of benzene rings is 2. The minimum Gasteiger partial charge on any atom is -0.370 e. The second-order valence-electron chi connectivity index (χ2n) is 5.95. The molecule has 1 saturated heterocycles. The molecule has 0 unspecified atom stereocenters. The smallest absolute Gasteiger partial charge is 0.323 e. The van der Waals surface area contributed by atoms with Gasteiger partial charge >= 0.3 is 6.03 Å². The van der Waals surface area contributed by atoms with Crippen molar-refractivity contribution in [3.8, 4) is 0 Å². The maximum atomic E-state index is 12.3. The van der Waals surface area contributed by atoms with Crippen LogP contribution in [-0.2, 0) is 0 Å². The number of anilines is 3. The predicted octanol–water partition coefficient (Wildman–Crippen LogP) is 4.23. The second kappa shape index (κ2) is 7.65. The van der Waals surface area contributed by atoms with Crippen molar-refractivity contribution in [3.05, 3.63) is 58.6 Å². The van der Waals surface area contributed by atoms with Crippen LogP contribution in [0, 0.1) is 10.1 Å². The SMILES string of the molecule is O=C(Nc1ccc([N+](=O)[O-])cc1)Nc1ccccc1N1CCCCC1. The number of para-hydroxylation sites is 2. The number of piperidine rings is 1. The van der Waals surface area contributed by atoms with Crippen molar-refractivity contribution in [2.75, 3.05) is 28.6 Å². The number of amides is 2. The molecule has 0 aromatic heterocycles. The normalized spacial score (nSPS) is 14.0. The van der Waals surface area contributed by atoms with Crippen molar-refractivity contribution in [1.82, 2.24) is 0 Å². The van der Waals surface area contributed by atoms with Crippen LogP contribution in [0.2, 0.25) is 0 Å². The number of nitro benzene ring substituents is 1. The van der Waals surface area contributed by atoms with Crippen LogP contribution >= 0.6 is 0 Å². The summed E-state index contributed by atoms with van der Waals surface area (Å²) in [6.45, 7) is 1.98. The first kappa shape index (κ1) is 16.8. The molecule has 0 saturated carbocycles. The van der Waals surface area contributed by atoms with E-state index in [1.54, 1.807) is 0 Å². The minimum absolute atomic E-state index is 0.0126. The summed E-state index contributed by atoms with van der Waals surface area (Å²) in [5.74, 6) is 0. The highest BCUT2D eigenvalue weighted by atomic mass is 16.6. The van der Waals surface area contributed by atoms with E-state index in [1.165, 1.54) is 30.7 Å². The molecule has 7 heteroatoms. The molecule has 25 heavy (non-hydrogen) atoms. The van der Waals surface area contributed by atoms with Crippen LogP contribution in [0.5, 0.6) is 0 Å². The molecule has 1 aliphatic rings. The van der Waals surface area contributed by atoms with E-state index in [9.17, 15) is 14.9 Å². The molecule has 2 aromatic carbocycles. The number of carbonyl (C=O) groups excluding carboxylic acids is 1. The van der Waals surface area contributed by atoms with Gasteiger partial charge in [0.25, 0.3) is 5.69 Å². The Morgan fingerprint density at radius 1 is 0.960 bits per heavy atom. The molecule has 0 atom stereocenters. The average molecular weight is 340 g/mol. The maximum Gasteiger partial charge on any atom is 0.323 e. The van der Waals surface area contributed by atoms with Gasteiger partial charge in [0, 0.05) is 30.9 Å². The number of carbonyl (C=O) groups is 1. The molecule has 1 fully saturated rings. The number of nitrogens with one attached hydrogen (secondary N) is 2. The van der Waals surface area contributed by atoms with E-state index in [0.29, 0.717) is 5.69 Å². The Labute approximate surface area is 145 Å². The third-order valence-electron chi connectivity index (χ3n) is 4.18. The van der Waals surface area contributed by atoms with Crippen LogP contribution in [0.15, 0.2) is 48.5 Å². The molecule has 130 valence electrons. The molecule has 0 aliphatic carbocycles. The van der Waals surface area contributed by atoms with Gasteiger partial charge in [-0.2, -0.15) is 0 Å². The lowest BCUT2D eigenvalue weighted by Crippen LogP contribution is -2.30. The Kier molecular flexibility index (Phi) is 5.13. The zero-order valence-electron chi connectivity index (χ0n) is 13.8. The number of nitrogens with zero attached hydrogens (tertiary/aromatic N) is 2. The molecule has 2 amide bonds. The van der Waals surface area contributed by atoms with Crippen molar-refractivity contribution < 1.29 is 9.72 Å². The quantitative estimate of drug-likeness (QED) is 0.644. The number of urea groups is 1. The van der Waals surface area contributed by atoms with E-state index in [0.717, 1.165) is 37.3 Å². The van der Waals surface area contributed by atoms with Crippen LogP contribution in [-0.4, -0.2) is 24.0 Å². The lowest BCUT2D eigenvalue weighted by atomic mass is 10.1. The van der Waals surface area contributed by atoms with Gasteiger partial charge in [0.15, 0.2) is 0 Å². The van der Waals surface area contributed by atoms with Crippen molar-refractivity contribution in [1.29, 1.82) is 0 Å². The van der Waals surface area contributed by atoms with Crippen LogP contribution in [0.1, 0.15) is 19.3 Å². The summed E-state index contributed by atoms with van der Waals surface area (Å²) < 4.78 is 0. The van der Waals surface area contributed by atoms with Gasteiger partial charge < -0.3 is 15.5 Å².